The number of ketones is 1. The molecule has 3 nitrogen and oxygen atoms in total. The standard InChI is InChI=1S/C14H16N2OS/c1-9-5-7-12(8-6-9)16(4)14-15-10(2)13(18-14)11(3)17/h5-8H,1-4H3. The van der Waals surface area contributed by atoms with Crippen LogP contribution in [0.5, 0.6) is 0 Å². The minimum Gasteiger partial charge on any atom is -0.321 e. The van der Waals surface area contributed by atoms with E-state index in [0.717, 1.165) is 21.4 Å². The second kappa shape index (κ2) is 4.90. The van der Waals surface area contributed by atoms with Gasteiger partial charge in [-0.25, -0.2) is 4.98 Å². The van der Waals surface area contributed by atoms with E-state index in [1.807, 2.05) is 18.9 Å². The van der Waals surface area contributed by atoms with E-state index < -0.39 is 0 Å². The number of hydrogen-bond donors (Lipinski definition) is 0. The van der Waals surface area contributed by atoms with Crippen LogP contribution in [0.2, 0.25) is 0 Å². The van der Waals surface area contributed by atoms with Crippen molar-refractivity contribution >= 4 is 27.9 Å². The first-order valence-corrected chi connectivity index (χ1v) is 6.59. The van der Waals surface area contributed by atoms with Crippen LogP contribution in [0.3, 0.4) is 0 Å². The van der Waals surface area contributed by atoms with Gasteiger partial charge in [-0.15, -0.1) is 0 Å². The molecule has 0 saturated heterocycles. The number of carbonyl (C=O) groups excluding carboxylic acids is 1. The van der Waals surface area contributed by atoms with Crippen molar-refractivity contribution in [2.45, 2.75) is 20.8 Å². The molecule has 0 fully saturated rings. The lowest BCUT2D eigenvalue weighted by atomic mass is 10.2. The van der Waals surface area contributed by atoms with Crippen molar-refractivity contribution in [1.29, 1.82) is 0 Å². The molecule has 94 valence electrons. The van der Waals surface area contributed by atoms with E-state index in [1.165, 1.54) is 16.9 Å². The summed E-state index contributed by atoms with van der Waals surface area (Å²) in [6.07, 6.45) is 0. The normalized spacial score (nSPS) is 10.4. The molecule has 0 bridgehead atoms. The zero-order valence-electron chi connectivity index (χ0n) is 11.0. The Kier molecular flexibility index (Phi) is 3.48. The Morgan fingerprint density at radius 3 is 2.33 bits per heavy atom. The smallest absolute Gasteiger partial charge is 0.190 e. The van der Waals surface area contributed by atoms with Gasteiger partial charge in [0.05, 0.1) is 10.6 Å². The zero-order chi connectivity index (χ0) is 13.3. The van der Waals surface area contributed by atoms with Crippen LogP contribution in [-0.2, 0) is 0 Å². The average Bonchev–Trinajstić information content (AvgIpc) is 2.71. The molecule has 1 heterocycles. The van der Waals surface area contributed by atoms with Gasteiger partial charge in [-0.2, -0.15) is 0 Å². The highest BCUT2D eigenvalue weighted by Gasteiger charge is 2.14. The van der Waals surface area contributed by atoms with Crippen molar-refractivity contribution < 1.29 is 4.79 Å². The molecular formula is C14H16N2OS. The van der Waals surface area contributed by atoms with Gasteiger partial charge in [0.2, 0.25) is 0 Å². The molecule has 0 unspecified atom stereocenters. The molecule has 4 heteroatoms. The third-order valence-electron chi connectivity index (χ3n) is 2.81. The molecule has 0 amide bonds. The highest BCUT2D eigenvalue weighted by Crippen LogP contribution is 2.30. The van der Waals surface area contributed by atoms with Gasteiger partial charge in [0.15, 0.2) is 10.9 Å². The van der Waals surface area contributed by atoms with Gasteiger partial charge >= 0.3 is 0 Å². The second-order valence-corrected chi connectivity index (χ2v) is 5.34. The fourth-order valence-electron chi connectivity index (χ4n) is 1.73. The molecule has 1 aromatic heterocycles. The first kappa shape index (κ1) is 12.8. The molecule has 0 atom stereocenters. The van der Waals surface area contributed by atoms with Crippen LogP contribution >= 0.6 is 11.3 Å². The molecule has 0 N–H and O–H groups in total. The van der Waals surface area contributed by atoms with Crippen molar-refractivity contribution in [3.05, 3.63) is 40.4 Å². The number of aromatic nitrogens is 1. The molecular weight excluding hydrogens is 244 g/mol. The predicted octanol–water partition coefficient (Wildman–Crippen LogP) is 3.73. The Morgan fingerprint density at radius 1 is 1.22 bits per heavy atom. The van der Waals surface area contributed by atoms with Gasteiger partial charge in [0, 0.05) is 19.7 Å². The molecule has 0 spiro atoms. The highest BCUT2D eigenvalue weighted by molar-refractivity contribution is 7.17. The van der Waals surface area contributed by atoms with Gasteiger partial charge in [0.25, 0.3) is 0 Å². The van der Waals surface area contributed by atoms with Crippen LogP contribution in [0.4, 0.5) is 10.8 Å². The highest BCUT2D eigenvalue weighted by atomic mass is 32.1. The van der Waals surface area contributed by atoms with E-state index in [0.29, 0.717) is 0 Å². The maximum atomic E-state index is 11.4. The van der Waals surface area contributed by atoms with Crippen molar-refractivity contribution in [2.75, 3.05) is 11.9 Å². The monoisotopic (exact) mass is 260 g/mol. The van der Waals surface area contributed by atoms with Crippen molar-refractivity contribution in [2.24, 2.45) is 0 Å². The van der Waals surface area contributed by atoms with Crippen LogP contribution < -0.4 is 4.90 Å². The topological polar surface area (TPSA) is 33.2 Å². The van der Waals surface area contributed by atoms with Crippen LogP contribution in [0.25, 0.3) is 0 Å². The maximum Gasteiger partial charge on any atom is 0.190 e. The summed E-state index contributed by atoms with van der Waals surface area (Å²) in [5, 5.41) is 0.849. The summed E-state index contributed by atoms with van der Waals surface area (Å²) in [6.45, 7) is 5.51. The Labute approximate surface area is 111 Å². The summed E-state index contributed by atoms with van der Waals surface area (Å²) in [7, 11) is 1.97. The summed E-state index contributed by atoms with van der Waals surface area (Å²) in [4.78, 5) is 18.6. The number of benzene rings is 1. The Hall–Kier alpha value is -1.68. The predicted molar refractivity (Wildman–Crippen MR) is 76.1 cm³/mol. The average molecular weight is 260 g/mol. The third kappa shape index (κ3) is 2.43. The molecule has 2 aromatic rings. The lowest BCUT2D eigenvalue weighted by Gasteiger charge is -2.15. The Morgan fingerprint density at radius 2 is 1.83 bits per heavy atom. The SMILES string of the molecule is CC(=O)c1sc(N(C)c2ccc(C)cc2)nc1C. The summed E-state index contributed by atoms with van der Waals surface area (Å²) < 4.78 is 0. The van der Waals surface area contributed by atoms with Gasteiger partial charge in [-0.05, 0) is 26.0 Å². The third-order valence-corrected chi connectivity index (χ3v) is 4.15. The quantitative estimate of drug-likeness (QED) is 0.788. The van der Waals surface area contributed by atoms with Gasteiger partial charge in [-0.3, -0.25) is 4.79 Å². The first-order valence-electron chi connectivity index (χ1n) is 5.78. The molecule has 0 saturated carbocycles. The van der Waals surface area contributed by atoms with E-state index in [2.05, 4.69) is 36.2 Å². The number of hydrogen-bond acceptors (Lipinski definition) is 4. The van der Waals surface area contributed by atoms with E-state index >= 15 is 0 Å². The first-order chi connectivity index (χ1) is 8.49. The molecule has 1 aromatic carbocycles. The largest absolute Gasteiger partial charge is 0.321 e. The minimum atomic E-state index is 0.0774. The molecule has 18 heavy (non-hydrogen) atoms. The lowest BCUT2D eigenvalue weighted by molar-refractivity contribution is 0.102. The van der Waals surface area contributed by atoms with Crippen molar-refractivity contribution in [1.82, 2.24) is 4.98 Å². The van der Waals surface area contributed by atoms with Gasteiger partial charge < -0.3 is 4.90 Å². The summed E-state index contributed by atoms with van der Waals surface area (Å²) in [5.74, 6) is 0.0774. The van der Waals surface area contributed by atoms with E-state index in [-0.39, 0.29) is 5.78 Å². The fraction of sp³-hybridized carbons (Fsp3) is 0.286. The zero-order valence-corrected chi connectivity index (χ0v) is 11.8. The van der Waals surface area contributed by atoms with Gasteiger partial charge in [-0.1, -0.05) is 29.0 Å². The van der Waals surface area contributed by atoms with E-state index in [4.69, 9.17) is 0 Å². The second-order valence-electron chi connectivity index (χ2n) is 4.36. The van der Waals surface area contributed by atoms with Crippen LogP contribution in [-0.4, -0.2) is 17.8 Å². The number of anilines is 2. The van der Waals surface area contributed by atoms with E-state index in [9.17, 15) is 4.79 Å². The summed E-state index contributed by atoms with van der Waals surface area (Å²) >= 11 is 1.44. The van der Waals surface area contributed by atoms with E-state index in [1.54, 1.807) is 6.92 Å². The number of rotatable bonds is 3. The minimum absolute atomic E-state index is 0.0774. The molecule has 0 aliphatic heterocycles. The van der Waals surface area contributed by atoms with Gasteiger partial charge in [0.1, 0.15) is 0 Å². The Bertz CT molecular complexity index is 572. The molecule has 0 radical (unpaired) electrons. The summed E-state index contributed by atoms with van der Waals surface area (Å²) in [6, 6.07) is 8.25. The van der Waals surface area contributed by atoms with Crippen molar-refractivity contribution in [3.63, 3.8) is 0 Å². The molecule has 0 aliphatic carbocycles. The number of Topliss-reactive ketones (excluding diaryl/α,β-unsaturated/α-hetero) is 1. The Balaban J connectivity index is 2.34. The number of aryl methyl sites for hydroxylation is 2. The lowest BCUT2D eigenvalue weighted by Crippen LogP contribution is -2.08. The number of carbonyl (C=O) groups is 1. The van der Waals surface area contributed by atoms with Crippen LogP contribution in [0, 0.1) is 13.8 Å². The van der Waals surface area contributed by atoms with Crippen LogP contribution in [0.1, 0.15) is 27.9 Å². The maximum absolute atomic E-state index is 11.4. The van der Waals surface area contributed by atoms with Crippen molar-refractivity contribution in [3.8, 4) is 0 Å². The molecule has 2 rings (SSSR count). The summed E-state index contributed by atoms with van der Waals surface area (Å²) in [5.41, 5.74) is 3.11. The number of thiazole rings is 1. The fourth-order valence-corrected chi connectivity index (χ4v) is 2.68. The molecule has 0 aliphatic rings. The number of nitrogens with zero attached hydrogens (tertiary/aromatic N) is 2. The van der Waals surface area contributed by atoms with Crippen LogP contribution in [0.15, 0.2) is 24.3 Å².